The van der Waals surface area contributed by atoms with Crippen LogP contribution < -0.4 is 14.8 Å². The van der Waals surface area contributed by atoms with Crippen LogP contribution in [-0.2, 0) is 16.6 Å². The SMILES string of the molecule is CCOc1ccc(NS(=O)(=O)c2cccc(C(=O)NCc3ccccc3F)c2)cc1. The Morgan fingerprint density at radius 3 is 2.43 bits per heavy atom. The fourth-order valence-electron chi connectivity index (χ4n) is 2.72. The molecule has 0 unspecified atom stereocenters. The molecule has 0 atom stereocenters. The number of benzene rings is 3. The van der Waals surface area contributed by atoms with Crippen molar-refractivity contribution >= 4 is 21.6 Å². The first-order valence-electron chi connectivity index (χ1n) is 9.26. The average Bonchev–Trinajstić information content (AvgIpc) is 2.74. The van der Waals surface area contributed by atoms with Gasteiger partial charge in [0.1, 0.15) is 11.6 Å². The molecule has 0 radical (unpaired) electrons. The Kier molecular flexibility index (Phi) is 6.68. The summed E-state index contributed by atoms with van der Waals surface area (Å²) in [5, 5.41) is 2.59. The van der Waals surface area contributed by atoms with Crippen LogP contribution in [0, 0.1) is 5.82 Å². The van der Waals surface area contributed by atoms with Crippen molar-refractivity contribution in [2.24, 2.45) is 0 Å². The summed E-state index contributed by atoms with van der Waals surface area (Å²) in [6.07, 6.45) is 0. The van der Waals surface area contributed by atoms with Crippen molar-refractivity contribution in [2.45, 2.75) is 18.4 Å². The summed E-state index contributed by atoms with van der Waals surface area (Å²) < 4.78 is 46.9. The van der Waals surface area contributed by atoms with E-state index in [1.165, 1.54) is 30.3 Å². The van der Waals surface area contributed by atoms with Gasteiger partial charge in [-0.15, -0.1) is 0 Å². The lowest BCUT2D eigenvalue weighted by molar-refractivity contribution is 0.0950. The Morgan fingerprint density at radius 1 is 1.00 bits per heavy atom. The number of hydrogen-bond acceptors (Lipinski definition) is 4. The molecule has 8 heteroatoms. The zero-order valence-electron chi connectivity index (χ0n) is 16.3. The van der Waals surface area contributed by atoms with Gasteiger partial charge in [0, 0.05) is 23.4 Å². The molecule has 0 fully saturated rings. The summed E-state index contributed by atoms with van der Waals surface area (Å²) >= 11 is 0. The van der Waals surface area contributed by atoms with Gasteiger partial charge in [-0.2, -0.15) is 0 Å². The monoisotopic (exact) mass is 428 g/mol. The van der Waals surface area contributed by atoms with Crippen LogP contribution in [0.2, 0.25) is 0 Å². The molecule has 6 nitrogen and oxygen atoms in total. The van der Waals surface area contributed by atoms with Crippen molar-refractivity contribution in [3.05, 3.63) is 89.7 Å². The molecule has 3 aromatic rings. The van der Waals surface area contributed by atoms with Crippen molar-refractivity contribution in [3.63, 3.8) is 0 Å². The minimum atomic E-state index is -3.90. The van der Waals surface area contributed by atoms with Crippen LogP contribution in [0.15, 0.2) is 77.7 Å². The first-order chi connectivity index (χ1) is 14.4. The van der Waals surface area contributed by atoms with Gasteiger partial charge < -0.3 is 10.1 Å². The molecule has 30 heavy (non-hydrogen) atoms. The smallest absolute Gasteiger partial charge is 0.261 e. The lowest BCUT2D eigenvalue weighted by Crippen LogP contribution is -2.23. The van der Waals surface area contributed by atoms with Crippen LogP contribution in [0.4, 0.5) is 10.1 Å². The van der Waals surface area contributed by atoms with E-state index in [9.17, 15) is 17.6 Å². The Bertz CT molecular complexity index is 1130. The number of carbonyl (C=O) groups is 1. The standard InChI is InChI=1S/C22H21FN2O4S/c1-2-29-19-12-10-18(11-13-19)25-30(27,28)20-8-5-7-16(14-20)22(26)24-15-17-6-3-4-9-21(17)23/h3-14,25H,2,15H2,1H3,(H,24,26). The van der Waals surface area contributed by atoms with Crippen LogP contribution in [-0.4, -0.2) is 20.9 Å². The number of hydrogen-bond donors (Lipinski definition) is 2. The lowest BCUT2D eigenvalue weighted by Gasteiger charge is -2.11. The third-order valence-corrected chi connectivity index (χ3v) is 5.60. The molecule has 0 aromatic heterocycles. The minimum Gasteiger partial charge on any atom is -0.494 e. The minimum absolute atomic E-state index is 0.00703. The zero-order chi connectivity index (χ0) is 21.6. The molecule has 2 N–H and O–H groups in total. The van der Waals surface area contributed by atoms with Gasteiger partial charge in [-0.25, -0.2) is 12.8 Å². The second-order valence-electron chi connectivity index (χ2n) is 6.36. The van der Waals surface area contributed by atoms with Gasteiger partial charge in [0.15, 0.2) is 0 Å². The Balaban J connectivity index is 1.71. The molecule has 0 saturated heterocycles. The lowest BCUT2D eigenvalue weighted by atomic mass is 10.2. The molecule has 3 aromatic carbocycles. The van der Waals surface area contributed by atoms with Gasteiger partial charge in [-0.1, -0.05) is 24.3 Å². The number of amides is 1. The van der Waals surface area contributed by atoms with Crippen LogP contribution in [0.1, 0.15) is 22.8 Å². The molecule has 0 aliphatic heterocycles. The number of carbonyl (C=O) groups excluding carboxylic acids is 1. The van der Waals surface area contributed by atoms with Gasteiger partial charge in [-0.3, -0.25) is 9.52 Å². The Morgan fingerprint density at radius 2 is 1.73 bits per heavy atom. The molecule has 0 heterocycles. The molecular weight excluding hydrogens is 407 g/mol. The second kappa shape index (κ2) is 9.41. The van der Waals surface area contributed by atoms with Gasteiger partial charge in [0.05, 0.1) is 11.5 Å². The Hall–Kier alpha value is -3.39. The summed E-state index contributed by atoms with van der Waals surface area (Å²) in [6.45, 7) is 2.36. The van der Waals surface area contributed by atoms with E-state index >= 15 is 0 Å². The number of ether oxygens (including phenoxy) is 1. The number of sulfonamides is 1. The fraction of sp³-hybridized carbons (Fsp3) is 0.136. The fourth-order valence-corrected chi connectivity index (χ4v) is 3.83. The van der Waals surface area contributed by atoms with Gasteiger partial charge in [0.2, 0.25) is 0 Å². The Labute approximate surface area is 174 Å². The average molecular weight is 428 g/mol. The van der Waals surface area contributed by atoms with E-state index < -0.39 is 21.7 Å². The third kappa shape index (κ3) is 5.36. The number of rotatable bonds is 8. The van der Waals surface area contributed by atoms with E-state index in [4.69, 9.17) is 4.74 Å². The first-order valence-corrected chi connectivity index (χ1v) is 10.7. The maximum Gasteiger partial charge on any atom is 0.261 e. The first kappa shape index (κ1) is 21.3. The zero-order valence-corrected chi connectivity index (χ0v) is 17.1. The molecule has 0 saturated carbocycles. The largest absolute Gasteiger partial charge is 0.494 e. The van der Waals surface area contributed by atoms with Crippen LogP contribution in [0.5, 0.6) is 5.75 Å². The van der Waals surface area contributed by atoms with Crippen LogP contribution in [0.3, 0.4) is 0 Å². The topological polar surface area (TPSA) is 84.5 Å². The van der Waals surface area contributed by atoms with E-state index in [-0.39, 0.29) is 17.0 Å². The van der Waals surface area contributed by atoms with Gasteiger partial charge >= 0.3 is 0 Å². The highest BCUT2D eigenvalue weighted by Gasteiger charge is 2.17. The molecule has 0 spiro atoms. The van der Waals surface area contributed by atoms with E-state index in [0.29, 0.717) is 23.6 Å². The summed E-state index contributed by atoms with van der Waals surface area (Å²) in [6, 6.07) is 18.2. The van der Waals surface area contributed by atoms with Crippen molar-refractivity contribution in [3.8, 4) is 5.75 Å². The molecule has 0 aliphatic rings. The number of nitrogens with one attached hydrogen (secondary N) is 2. The molecule has 3 rings (SSSR count). The third-order valence-electron chi connectivity index (χ3n) is 4.22. The molecule has 1 amide bonds. The van der Waals surface area contributed by atoms with E-state index in [1.807, 2.05) is 6.92 Å². The highest BCUT2D eigenvalue weighted by Crippen LogP contribution is 2.20. The van der Waals surface area contributed by atoms with Crippen LogP contribution >= 0.6 is 0 Å². The van der Waals surface area contributed by atoms with Crippen molar-refractivity contribution in [2.75, 3.05) is 11.3 Å². The van der Waals surface area contributed by atoms with Crippen molar-refractivity contribution < 1.29 is 22.3 Å². The second-order valence-corrected chi connectivity index (χ2v) is 8.05. The van der Waals surface area contributed by atoms with Crippen molar-refractivity contribution in [1.29, 1.82) is 0 Å². The van der Waals surface area contributed by atoms with E-state index in [1.54, 1.807) is 42.5 Å². The van der Waals surface area contributed by atoms with Gasteiger partial charge in [-0.05, 0) is 55.5 Å². The number of halogens is 1. The van der Waals surface area contributed by atoms with E-state index in [0.717, 1.165) is 0 Å². The van der Waals surface area contributed by atoms with Gasteiger partial charge in [0.25, 0.3) is 15.9 Å². The quantitative estimate of drug-likeness (QED) is 0.569. The normalized spacial score (nSPS) is 11.0. The van der Waals surface area contributed by atoms with E-state index in [2.05, 4.69) is 10.0 Å². The molecular formula is C22H21FN2O4S. The summed E-state index contributed by atoms with van der Waals surface area (Å²) in [7, 11) is -3.90. The maximum absolute atomic E-state index is 13.7. The molecule has 0 bridgehead atoms. The molecule has 156 valence electrons. The molecule has 0 aliphatic carbocycles. The predicted octanol–water partition coefficient (Wildman–Crippen LogP) is 3.96. The summed E-state index contributed by atoms with van der Waals surface area (Å²) in [5.41, 5.74) is 0.862. The highest BCUT2D eigenvalue weighted by atomic mass is 32.2. The summed E-state index contributed by atoms with van der Waals surface area (Å²) in [5.74, 6) is -0.293. The predicted molar refractivity (Wildman–Crippen MR) is 112 cm³/mol. The highest BCUT2D eigenvalue weighted by molar-refractivity contribution is 7.92. The van der Waals surface area contributed by atoms with Crippen LogP contribution in [0.25, 0.3) is 0 Å². The number of anilines is 1. The van der Waals surface area contributed by atoms with Crippen molar-refractivity contribution in [1.82, 2.24) is 5.32 Å². The maximum atomic E-state index is 13.7. The summed E-state index contributed by atoms with van der Waals surface area (Å²) in [4.78, 5) is 12.3.